The minimum Gasteiger partial charge on any atom is -0.395 e. The molecular weight excluding hydrogens is 188 g/mol. The second-order valence-electron chi connectivity index (χ2n) is 5.22. The third-order valence-electron chi connectivity index (χ3n) is 3.93. The smallest absolute Gasteiger partial charge is 0.0556 e. The molecule has 90 valence electrons. The van der Waals surface area contributed by atoms with Crippen molar-refractivity contribution < 1.29 is 5.11 Å². The van der Waals surface area contributed by atoms with Gasteiger partial charge in [-0.3, -0.25) is 0 Å². The summed E-state index contributed by atoms with van der Waals surface area (Å²) < 4.78 is 0. The fraction of sp³-hybridized carbons (Fsp3) is 1.00. The summed E-state index contributed by atoms with van der Waals surface area (Å²) in [5.74, 6) is 1.65. The van der Waals surface area contributed by atoms with Crippen LogP contribution in [0.4, 0.5) is 0 Å². The largest absolute Gasteiger partial charge is 0.395 e. The molecule has 1 aliphatic rings. The van der Waals surface area contributed by atoms with E-state index >= 15 is 0 Å². The zero-order chi connectivity index (χ0) is 11.3. The van der Waals surface area contributed by atoms with Crippen molar-refractivity contribution in [3.63, 3.8) is 0 Å². The van der Waals surface area contributed by atoms with E-state index in [1.807, 2.05) is 0 Å². The van der Waals surface area contributed by atoms with Crippen LogP contribution in [0.15, 0.2) is 0 Å². The highest BCUT2D eigenvalue weighted by Crippen LogP contribution is 2.35. The molecule has 1 aliphatic carbocycles. The van der Waals surface area contributed by atoms with Crippen molar-refractivity contribution >= 4 is 0 Å². The van der Waals surface area contributed by atoms with Crippen LogP contribution in [0.2, 0.25) is 0 Å². The van der Waals surface area contributed by atoms with E-state index < -0.39 is 0 Å². The molecule has 0 atom stereocenters. The molecule has 3 nitrogen and oxygen atoms in total. The second-order valence-corrected chi connectivity index (χ2v) is 5.22. The predicted octanol–water partition coefficient (Wildman–Crippen LogP) is 1.11. The Hall–Kier alpha value is -0.120. The Morgan fingerprint density at radius 2 is 2.00 bits per heavy atom. The third-order valence-corrected chi connectivity index (χ3v) is 3.93. The molecule has 15 heavy (non-hydrogen) atoms. The monoisotopic (exact) mass is 214 g/mol. The van der Waals surface area contributed by atoms with Gasteiger partial charge in [0.25, 0.3) is 0 Å². The van der Waals surface area contributed by atoms with Crippen molar-refractivity contribution in [3.8, 4) is 0 Å². The predicted molar refractivity (Wildman–Crippen MR) is 63.7 cm³/mol. The van der Waals surface area contributed by atoms with Gasteiger partial charge in [0.1, 0.15) is 0 Å². The number of nitrogens with one attached hydrogen (secondary N) is 1. The molecule has 0 radical (unpaired) electrons. The normalized spacial score (nSPS) is 32.2. The maximum Gasteiger partial charge on any atom is 0.0556 e. The average molecular weight is 214 g/mol. The number of rotatable bonds is 5. The van der Waals surface area contributed by atoms with Crippen LogP contribution in [0, 0.1) is 11.8 Å². The van der Waals surface area contributed by atoms with E-state index in [-0.39, 0.29) is 12.1 Å². The molecule has 0 saturated heterocycles. The van der Waals surface area contributed by atoms with Gasteiger partial charge in [0.05, 0.1) is 6.61 Å². The first kappa shape index (κ1) is 12.9. The van der Waals surface area contributed by atoms with Crippen molar-refractivity contribution in [2.24, 2.45) is 17.6 Å². The van der Waals surface area contributed by atoms with Crippen LogP contribution in [0.1, 0.15) is 39.5 Å². The summed E-state index contributed by atoms with van der Waals surface area (Å²) in [5, 5.41) is 12.3. The van der Waals surface area contributed by atoms with Gasteiger partial charge in [0, 0.05) is 18.6 Å². The van der Waals surface area contributed by atoms with Gasteiger partial charge >= 0.3 is 0 Å². The lowest BCUT2D eigenvalue weighted by molar-refractivity contribution is 0.156. The fourth-order valence-electron chi connectivity index (χ4n) is 2.63. The quantitative estimate of drug-likeness (QED) is 0.642. The molecule has 0 heterocycles. The van der Waals surface area contributed by atoms with Crippen LogP contribution in [0.3, 0.4) is 0 Å². The number of hydrogen-bond acceptors (Lipinski definition) is 3. The Kier molecular flexibility index (Phi) is 5.03. The number of nitrogens with two attached hydrogens (primary N) is 1. The first-order chi connectivity index (χ1) is 7.13. The highest BCUT2D eigenvalue weighted by Gasteiger charge is 2.34. The third kappa shape index (κ3) is 3.44. The summed E-state index contributed by atoms with van der Waals surface area (Å²) in [5.41, 5.74) is 5.96. The van der Waals surface area contributed by atoms with Crippen molar-refractivity contribution in [1.82, 2.24) is 5.32 Å². The first-order valence-corrected chi connectivity index (χ1v) is 6.19. The van der Waals surface area contributed by atoms with Crippen molar-refractivity contribution in [2.75, 3.05) is 19.7 Å². The lowest BCUT2D eigenvalue weighted by Crippen LogP contribution is -2.54. The Morgan fingerprint density at radius 3 is 2.40 bits per heavy atom. The van der Waals surface area contributed by atoms with Crippen LogP contribution >= 0.6 is 0 Å². The summed E-state index contributed by atoms with van der Waals surface area (Å²) in [6.45, 7) is 6.18. The lowest BCUT2D eigenvalue weighted by Gasteiger charge is -2.41. The van der Waals surface area contributed by atoms with Gasteiger partial charge in [0.15, 0.2) is 0 Å². The first-order valence-electron chi connectivity index (χ1n) is 6.19. The van der Waals surface area contributed by atoms with E-state index in [2.05, 4.69) is 19.2 Å². The minimum atomic E-state index is 0.105. The molecule has 4 N–H and O–H groups in total. The van der Waals surface area contributed by atoms with Gasteiger partial charge in [0.2, 0.25) is 0 Å². The summed E-state index contributed by atoms with van der Waals surface area (Å²) in [4.78, 5) is 0. The summed E-state index contributed by atoms with van der Waals surface area (Å²) in [6.07, 6.45) is 4.86. The number of aliphatic hydroxyl groups excluding tert-OH is 1. The van der Waals surface area contributed by atoms with Gasteiger partial charge in [-0.1, -0.05) is 13.8 Å². The van der Waals surface area contributed by atoms with Crippen LogP contribution in [-0.2, 0) is 0 Å². The molecule has 1 fully saturated rings. The Bertz CT molecular complexity index is 174. The van der Waals surface area contributed by atoms with Gasteiger partial charge in [-0.15, -0.1) is 0 Å². The van der Waals surface area contributed by atoms with Crippen molar-refractivity contribution in [2.45, 2.75) is 45.1 Å². The summed E-state index contributed by atoms with van der Waals surface area (Å²) in [7, 11) is 0. The molecular formula is C12H26N2O. The maximum absolute atomic E-state index is 8.84. The van der Waals surface area contributed by atoms with Crippen LogP contribution in [-0.4, -0.2) is 30.3 Å². The topological polar surface area (TPSA) is 58.3 Å². The van der Waals surface area contributed by atoms with Gasteiger partial charge < -0.3 is 16.2 Å². The van der Waals surface area contributed by atoms with Gasteiger partial charge in [-0.2, -0.15) is 0 Å². The molecule has 1 saturated carbocycles. The van der Waals surface area contributed by atoms with Crippen LogP contribution < -0.4 is 11.1 Å². The zero-order valence-electron chi connectivity index (χ0n) is 10.1. The molecule has 0 aromatic carbocycles. The SMILES string of the molecule is CC(C)C1CCC(CN)(NCCO)CC1. The van der Waals surface area contributed by atoms with E-state index in [0.29, 0.717) is 13.1 Å². The molecule has 1 rings (SSSR count). The maximum atomic E-state index is 8.84. The minimum absolute atomic E-state index is 0.105. The van der Waals surface area contributed by atoms with E-state index in [9.17, 15) is 0 Å². The van der Waals surface area contributed by atoms with E-state index in [1.54, 1.807) is 0 Å². The molecule has 0 spiro atoms. The van der Waals surface area contributed by atoms with E-state index in [1.165, 1.54) is 12.8 Å². The zero-order valence-corrected chi connectivity index (χ0v) is 10.1. The molecule has 0 unspecified atom stereocenters. The summed E-state index contributed by atoms with van der Waals surface area (Å²) >= 11 is 0. The van der Waals surface area contributed by atoms with E-state index in [0.717, 1.165) is 24.7 Å². The highest BCUT2D eigenvalue weighted by molar-refractivity contribution is 4.94. The van der Waals surface area contributed by atoms with Crippen LogP contribution in [0.25, 0.3) is 0 Å². The van der Waals surface area contributed by atoms with E-state index in [4.69, 9.17) is 10.8 Å². The molecule has 0 aromatic rings. The van der Waals surface area contributed by atoms with Crippen molar-refractivity contribution in [1.29, 1.82) is 0 Å². The molecule has 0 bridgehead atoms. The number of aliphatic hydroxyl groups is 1. The Balaban J connectivity index is 2.43. The Morgan fingerprint density at radius 1 is 1.40 bits per heavy atom. The molecule has 0 aliphatic heterocycles. The number of hydrogen-bond donors (Lipinski definition) is 3. The Labute approximate surface area is 93.4 Å². The van der Waals surface area contributed by atoms with Crippen LogP contribution in [0.5, 0.6) is 0 Å². The molecule has 3 heteroatoms. The standard InChI is InChI=1S/C12H26N2O/c1-10(2)11-3-5-12(9-13,6-4-11)14-7-8-15/h10-11,14-15H,3-9,13H2,1-2H3. The van der Waals surface area contributed by atoms with Gasteiger partial charge in [-0.05, 0) is 37.5 Å². The number of β-amino-alcohol motifs (C(OH)–C–C–N with tert-alkyl or cyclic N) is 1. The molecule has 0 amide bonds. The second kappa shape index (κ2) is 5.83. The fourth-order valence-corrected chi connectivity index (χ4v) is 2.63. The van der Waals surface area contributed by atoms with Crippen molar-refractivity contribution in [3.05, 3.63) is 0 Å². The van der Waals surface area contributed by atoms with Gasteiger partial charge in [-0.25, -0.2) is 0 Å². The molecule has 0 aromatic heterocycles. The summed E-state index contributed by atoms with van der Waals surface area (Å²) in [6, 6.07) is 0. The lowest BCUT2D eigenvalue weighted by atomic mass is 9.73. The highest BCUT2D eigenvalue weighted by atomic mass is 16.3. The average Bonchev–Trinajstić information content (AvgIpc) is 2.27.